The van der Waals surface area contributed by atoms with Gasteiger partial charge in [-0.1, -0.05) is 22.9 Å². The summed E-state index contributed by atoms with van der Waals surface area (Å²) >= 11 is 1.69. The van der Waals surface area contributed by atoms with Crippen molar-refractivity contribution in [1.29, 1.82) is 0 Å². The van der Waals surface area contributed by atoms with Crippen molar-refractivity contribution in [3.05, 3.63) is 41.5 Å². The molecule has 1 aromatic carbocycles. The van der Waals surface area contributed by atoms with E-state index < -0.39 is 0 Å². The van der Waals surface area contributed by atoms with Crippen molar-refractivity contribution in [2.75, 3.05) is 0 Å². The highest BCUT2D eigenvalue weighted by atomic mass is 32.2. The molecule has 3 rings (SSSR count). The topological polar surface area (TPSA) is 64.9 Å². The Morgan fingerprint density at radius 3 is 2.68 bits per heavy atom. The van der Waals surface area contributed by atoms with Gasteiger partial charge in [0.05, 0.1) is 11.3 Å². The minimum atomic E-state index is -0.337. The molecule has 5 heteroatoms. The zero-order chi connectivity index (χ0) is 13.3. The van der Waals surface area contributed by atoms with Gasteiger partial charge < -0.3 is 10.3 Å². The van der Waals surface area contributed by atoms with E-state index in [0.717, 1.165) is 19.3 Å². The van der Waals surface area contributed by atoms with Gasteiger partial charge in [0.25, 0.3) is 0 Å². The van der Waals surface area contributed by atoms with Crippen molar-refractivity contribution < 1.29 is 4.52 Å². The second kappa shape index (κ2) is 4.98. The molecule has 0 radical (unpaired) electrons. The van der Waals surface area contributed by atoms with E-state index in [9.17, 15) is 0 Å². The van der Waals surface area contributed by atoms with Gasteiger partial charge in [-0.3, -0.25) is 0 Å². The van der Waals surface area contributed by atoms with Gasteiger partial charge in [-0.15, -0.1) is 11.8 Å². The van der Waals surface area contributed by atoms with Crippen LogP contribution in [-0.4, -0.2) is 10.1 Å². The van der Waals surface area contributed by atoms with Crippen LogP contribution in [0, 0.1) is 6.92 Å². The maximum absolute atomic E-state index is 6.17. The zero-order valence-corrected chi connectivity index (χ0v) is 11.7. The smallest absolute Gasteiger partial charge is 0.237 e. The summed E-state index contributed by atoms with van der Waals surface area (Å²) in [6, 6.07) is 8.41. The van der Waals surface area contributed by atoms with Gasteiger partial charge >= 0.3 is 0 Å². The molecule has 0 unspecified atom stereocenters. The largest absolute Gasteiger partial charge is 0.338 e. The number of aryl methyl sites for hydroxylation is 1. The van der Waals surface area contributed by atoms with Crippen LogP contribution in [0.1, 0.15) is 36.5 Å². The van der Waals surface area contributed by atoms with Crippen LogP contribution in [0.15, 0.2) is 33.7 Å². The third kappa shape index (κ3) is 2.67. The molecule has 0 atom stereocenters. The van der Waals surface area contributed by atoms with E-state index in [1.807, 2.05) is 0 Å². The van der Waals surface area contributed by atoms with E-state index in [1.54, 1.807) is 11.8 Å². The van der Waals surface area contributed by atoms with Crippen LogP contribution >= 0.6 is 11.8 Å². The van der Waals surface area contributed by atoms with E-state index in [2.05, 4.69) is 41.3 Å². The SMILES string of the molecule is Cc1ccc(SCc2nc(C3(N)CCC3)no2)cc1. The fraction of sp³-hybridized carbons (Fsp3) is 0.429. The average Bonchev–Trinajstić information content (AvgIpc) is 2.84. The van der Waals surface area contributed by atoms with Crippen LogP contribution in [0.2, 0.25) is 0 Å². The molecule has 1 aromatic heterocycles. The second-order valence-electron chi connectivity index (χ2n) is 5.12. The Kier molecular flexibility index (Phi) is 3.33. The fourth-order valence-corrected chi connectivity index (χ4v) is 2.81. The van der Waals surface area contributed by atoms with E-state index in [1.165, 1.54) is 10.5 Å². The van der Waals surface area contributed by atoms with Crippen LogP contribution in [0.5, 0.6) is 0 Å². The van der Waals surface area contributed by atoms with Crippen LogP contribution in [0.25, 0.3) is 0 Å². The number of rotatable bonds is 4. The molecular formula is C14H17N3OS. The normalized spacial score (nSPS) is 17.2. The minimum Gasteiger partial charge on any atom is -0.338 e. The highest BCUT2D eigenvalue weighted by Crippen LogP contribution is 2.37. The predicted molar refractivity (Wildman–Crippen MR) is 74.8 cm³/mol. The van der Waals surface area contributed by atoms with E-state index in [0.29, 0.717) is 17.5 Å². The summed E-state index contributed by atoms with van der Waals surface area (Å²) in [6.07, 6.45) is 3.06. The molecular weight excluding hydrogens is 258 g/mol. The zero-order valence-electron chi connectivity index (χ0n) is 10.9. The maximum Gasteiger partial charge on any atom is 0.237 e. The lowest BCUT2D eigenvalue weighted by Crippen LogP contribution is -2.44. The molecule has 1 aliphatic carbocycles. The molecule has 0 amide bonds. The summed E-state index contributed by atoms with van der Waals surface area (Å²) < 4.78 is 5.27. The van der Waals surface area contributed by atoms with Crippen LogP contribution in [-0.2, 0) is 11.3 Å². The number of nitrogens with zero attached hydrogens (tertiary/aromatic N) is 2. The summed E-state index contributed by atoms with van der Waals surface area (Å²) in [5.41, 5.74) is 7.10. The molecule has 4 nitrogen and oxygen atoms in total. The summed E-state index contributed by atoms with van der Waals surface area (Å²) in [6.45, 7) is 2.08. The maximum atomic E-state index is 6.17. The molecule has 2 aromatic rings. The Morgan fingerprint density at radius 2 is 2.05 bits per heavy atom. The molecule has 1 aliphatic rings. The first kappa shape index (κ1) is 12.7. The van der Waals surface area contributed by atoms with Gasteiger partial charge in [-0.25, -0.2) is 0 Å². The first-order chi connectivity index (χ1) is 9.16. The molecule has 19 heavy (non-hydrogen) atoms. The molecule has 1 heterocycles. The number of nitrogens with two attached hydrogens (primary N) is 1. The molecule has 0 saturated heterocycles. The Balaban J connectivity index is 1.63. The molecule has 0 spiro atoms. The Hall–Kier alpha value is -1.33. The standard InChI is InChI=1S/C14H17N3OS/c1-10-3-5-11(6-4-10)19-9-12-16-13(17-18-12)14(15)7-2-8-14/h3-6H,2,7-9,15H2,1H3. The minimum absolute atomic E-state index is 0.337. The van der Waals surface area contributed by atoms with Gasteiger partial charge in [0.2, 0.25) is 5.89 Å². The van der Waals surface area contributed by atoms with Crippen molar-refractivity contribution in [2.45, 2.75) is 42.4 Å². The number of benzene rings is 1. The molecule has 0 aliphatic heterocycles. The van der Waals surface area contributed by atoms with Gasteiger partial charge in [-0.05, 0) is 38.3 Å². The number of hydrogen-bond donors (Lipinski definition) is 1. The lowest BCUT2D eigenvalue weighted by atomic mass is 9.77. The quantitative estimate of drug-likeness (QED) is 0.869. The van der Waals surface area contributed by atoms with Crippen LogP contribution < -0.4 is 5.73 Å². The Labute approximate surface area is 116 Å². The highest BCUT2D eigenvalue weighted by molar-refractivity contribution is 7.98. The van der Waals surface area contributed by atoms with Gasteiger partial charge in [0.15, 0.2) is 5.82 Å². The lowest BCUT2D eigenvalue weighted by Gasteiger charge is -2.34. The Bertz CT molecular complexity index is 560. The number of hydrogen-bond acceptors (Lipinski definition) is 5. The molecule has 1 fully saturated rings. The van der Waals surface area contributed by atoms with E-state index in [4.69, 9.17) is 10.3 Å². The molecule has 100 valence electrons. The summed E-state index contributed by atoms with van der Waals surface area (Å²) in [5, 5.41) is 4.01. The van der Waals surface area contributed by atoms with Crippen LogP contribution in [0.4, 0.5) is 0 Å². The van der Waals surface area contributed by atoms with Crippen molar-refractivity contribution >= 4 is 11.8 Å². The van der Waals surface area contributed by atoms with Crippen molar-refractivity contribution in [3.63, 3.8) is 0 Å². The first-order valence-corrected chi connectivity index (χ1v) is 7.46. The van der Waals surface area contributed by atoms with Crippen molar-refractivity contribution in [2.24, 2.45) is 5.73 Å². The third-order valence-electron chi connectivity index (χ3n) is 3.54. The predicted octanol–water partition coefficient (Wildman–Crippen LogP) is 3.01. The molecule has 2 N–H and O–H groups in total. The lowest BCUT2D eigenvalue weighted by molar-refractivity contribution is 0.229. The van der Waals surface area contributed by atoms with Gasteiger partial charge in [0.1, 0.15) is 0 Å². The number of aromatic nitrogens is 2. The first-order valence-electron chi connectivity index (χ1n) is 6.47. The molecule has 1 saturated carbocycles. The third-order valence-corrected chi connectivity index (χ3v) is 4.54. The summed E-state index contributed by atoms with van der Waals surface area (Å²) in [5.74, 6) is 2.00. The van der Waals surface area contributed by atoms with Gasteiger partial charge in [0, 0.05) is 4.90 Å². The average molecular weight is 275 g/mol. The van der Waals surface area contributed by atoms with E-state index >= 15 is 0 Å². The summed E-state index contributed by atoms with van der Waals surface area (Å²) in [7, 11) is 0. The highest BCUT2D eigenvalue weighted by Gasteiger charge is 2.38. The van der Waals surface area contributed by atoms with E-state index in [-0.39, 0.29) is 5.54 Å². The fourth-order valence-electron chi connectivity index (χ4n) is 2.08. The van der Waals surface area contributed by atoms with Gasteiger partial charge in [-0.2, -0.15) is 4.98 Å². The second-order valence-corrected chi connectivity index (χ2v) is 6.17. The molecule has 0 bridgehead atoms. The number of thioether (sulfide) groups is 1. The monoisotopic (exact) mass is 275 g/mol. The summed E-state index contributed by atoms with van der Waals surface area (Å²) in [4.78, 5) is 5.62. The van der Waals surface area contributed by atoms with Crippen LogP contribution in [0.3, 0.4) is 0 Å². The Morgan fingerprint density at radius 1 is 1.32 bits per heavy atom. The van der Waals surface area contributed by atoms with Crippen molar-refractivity contribution in [3.8, 4) is 0 Å². The van der Waals surface area contributed by atoms with Crippen molar-refractivity contribution in [1.82, 2.24) is 10.1 Å².